The fourth-order valence-electron chi connectivity index (χ4n) is 5.86. The van der Waals surface area contributed by atoms with E-state index in [1.165, 1.54) is 0 Å². The van der Waals surface area contributed by atoms with E-state index in [2.05, 4.69) is 36.9 Å². The molecular weight excluding hydrogens is 536 g/mol. The number of benzene rings is 1. The lowest BCUT2D eigenvalue weighted by atomic mass is 9.70. The van der Waals surface area contributed by atoms with Gasteiger partial charge in [0, 0.05) is 29.8 Å². The van der Waals surface area contributed by atoms with E-state index in [0.717, 1.165) is 17.5 Å². The quantitative estimate of drug-likeness (QED) is 0.385. The van der Waals surface area contributed by atoms with Crippen molar-refractivity contribution in [2.45, 2.75) is 53.7 Å². The van der Waals surface area contributed by atoms with Gasteiger partial charge in [0.15, 0.2) is 0 Å². The lowest BCUT2D eigenvalue weighted by Gasteiger charge is -2.35. The van der Waals surface area contributed by atoms with E-state index in [9.17, 15) is 19.5 Å². The minimum absolute atomic E-state index is 0.0290. The van der Waals surface area contributed by atoms with E-state index < -0.39 is 22.6 Å². The van der Waals surface area contributed by atoms with Crippen LogP contribution in [0.5, 0.6) is 0 Å². The van der Waals surface area contributed by atoms with Gasteiger partial charge in [-0.25, -0.2) is 4.68 Å². The van der Waals surface area contributed by atoms with Crippen LogP contribution in [0, 0.1) is 11.8 Å². The highest BCUT2D eigenvalue weighted by Gasteiger charge is 2.75. The van der Waals surface area contributed by atoms with Crippen LogP contribution in [0.1, 0.15) is 26.2 Å². The number of para-hydroxylation sites is 1. The molecule has 3 aliphatic heterocycles. The highest BCUT2D eigenvalue weighted by molar-refractivity contribution is 9.09. The Morgan fingerprint density at radius 3 is 2.86 bits per heavy atom. The number of hydrogen-bond donors (Lipinski definition) is 3. The summed E-state index contributed by atoms with van der Waals surface area (Å²) < 4.78 is 0.916. The largest absolute Gasteiger partial charge is 0.396 e. The Hall–Kier alpha value is -2.18. The second-order valence-corrected chi connectivity index (χ2v) is 12.1. The minimum Gasteiger partial charge on any atom is -0.396 e. The van der Waals surface area contributed by atoms with Crippen molar-refractivity contribution in [1.29, 1.82) is 0 Å². The number of carbonyl (C=O) groups excluding carboxylic acids is 3. The van der Waals surface area contributed by atoms with E-state index >= 15 is 0 Å². The van der Waals surface area contributed by atoms with Gasteiger partial charge in [0.05, 0.1) is 22.1 Å². The van der Waals surface area contributed by atoms with Crippen LogP contribution >= 0.6 is 27.7 Å². The average molecular weight is 565 g/mol. The van der Waals surface area contributed by atoms with Crippen LogP contribution < -0.4 is 10.6 Å². The van der Waals surface area contributed by atoms with Gasteiger partial charge in [-0.15, -0.1) is 16.9 Å². The van der Waals surface area contributed by atoms with Crippen molar-refractivity contribution in [2.24, 2.45) is 11.8 Å². The molecule has 1 spiro atoms. The molecule has 35 heavy (non-hydrogen) atoms. The second kappa shape index (κ2) is 9.70. The lowest BCUT2D eigenvalue weighted by Crippen LogP contribution is -2.55. The van der Waals surface area contributed by atoms with E-state index in [1.807, 2.05) is 31.2 Å². The molecule has 4 heterocycles. The molecule has 3 unspecified atom stereocenters. The van der Waals surface area contributed by atoms with Crippen molar-refractivity contribution in [2.75, 3.05) is 19.7 Å². The Balaban J connectivity index is 1.43. The minimum atomic E-state index is -0.736. The number of nitrogens with one attached hydrogen (secondary N) is 2. The monoisotopic (exact) mass is 564 g/mol. The number of alkyl halides is 1. The summed E-state index contributed by atoms with van der Waals surface area (Å²) >= 11 is 5.35. The molecule has 1 aromatic carbocycles. The number of nitrogens with zero attached hydrogens (tertiary/aromatic N) is 4. The van der Waals surface area contributed by atoms with Gasteiger partial charge < -0.3 is 20.6 Å². The van der Waals surface area contributed by atoms with Gasteiger partial charge in [-0.05, 0) is 31.4 Å². The highest BCUT2D eigenvalue weighted by Crippen LogP contribution is 2.67. The molecule has 10 nitrogen and oxygen atoms in total. The van der Waals surface area contributed by atoms with Gasteiger partial charge in [-0.3, -0.25) is 14.4 Å². The molecule has 3 amide bonds. The normalized spacial score (nSPS) is 31.2. The summed E-state index contributed by atoms with van der Waals surface area (Å²) in [6, 6.07) is 6.75. The van der Waals surface area contributed by atoms with Crippen molar-refractivity contribution in [3.05, 3.63) is 24.3 Å². The number of aromatic nitrogens is 3. The summed E-state index contributed by atoms with van der Waals surface area (Å²) in [5, 5.41) is 23.6. The second-order valence-electron chi connectivity index (χ2n) is 9.34. The molecule has 12 heteroatoms. The first-order chi connectivity index (χ1) is 16.9. The third-order valence-electron chi connectivity index (χ3n) is 7.27. The predicted molar refractivity (Wildman–Crippen MR) is 135 cm³/mol. The van der Waals surface area contributed by atoms with E-state index in [-0.39, 0.29) is 47.6 Å². The first kappa shape index (κ1) is 24.5. The molecule has 3 aliphatic rings. The zero-order chi connectivity index (χ0) is 24.7. The predicted octanol–water partition coefficient (Wildman–Crippen LogP) is 0.878. The fourth-order valence-corrected chi connectivity index (χ4v) is 9.47. The van der Waals surface area contributed by atoms with Crippen LogP contribution in [0.15, 0.2) is 24.3 Å². The standard InChI is InChI=1S/C23H29BrN6O4S/c1-2-8-25-20(32)16-17-22(34)29(9-5-10-31)19(23(17)11-13(24)18(16)35-23)21(33)26-12-30-15-7-4-3-6-14(15)27-28-30/h3-4,6-7,13,16-19,31H,2,5,8-12H2,1H3,(H,25,32)(H,26,33)/t13?,16-,17+,18-,19?,23?/m1/s1. The lowest BCUT2D eigenvalue weighted by molar-refractivity contribution is -0.140. The van der Waals surface area contributed by atoms with Gasteiger partial charge in [-0.1, -0.05) is 40.2 Å². The maximum atomic E-state index is 13.7. The van der Waals surface area contributed by atoms with E-state index in [1.54, 1.807) is 21.3 Å². The van der Waals surface area contributed by atoms with E-state index in [0.29, 0.717) is 19.4 Å². The summed E-state index contributed by atoms with van der Waals surface area (Å²) in [5.41, 5.74) is 1.53. The van der Waals surface area contributed by atoms with Crippen molar-refractivity contribution in [3.63, 3.8) is 0 Å². The Labute approximate surface area is 215 Å². The van der Waals surface area contributed by atoms with Crippen molar-refractivity contribution >= 4 is 56.4 Å². The summed E-state index contributed by atoms with van der Waals surface area (Å²) in [6.07, 6.45) is 1.79. The van der Waals surface area contributed by atoms with E-state index in [4.69, 9.17) is 0 Å². The molecule has 2 bridgehead atoms. The Kier molecular flexibility index (Phi) is 6.79. The third kappa shape index (κ3) is 3.93. The zero-order valence-corrected chi connectivity index (χ0v) is 21.8. The molecule has 0 radical (unpaired) electrons. The Morgan fingerprint density at radius 1 is 1.29 bits per heavy atom. The van der Waals surface area contributed by atoms with Crippen molar-refractivity contribution in [3.8, 4) is 0 Å². The molecule has 0 saturated carbocycles. The number of carbonyl (C=O) groups is 3. The van der Waals surface area contributed by atoms with Crippen LogP contribution in [-0.2, 0) is 21.1 Å². The van der Waals surface area contributed by atoms with Crippen LogP contribution in [0.25, 0.3) is 11.0 Å². The Bertz CT molecular complexity index is 1150. The molecular formula is C23H29BrN6O4S. The third-order valence-corrected chi connectivity index (χ3v) is 10.5. The van der Waals surface area contributed by atoms with Crippen LogP contribution in [-0.4, -0.2) is 83.3 Å². The molecule has 1 aromatic heterocycles. The smallest absolute Gasteiger partial charge is 0.245 e. The number of aliphatic hydroxyl groups excluding tert-OH is 1. The number of likely N-dealkylation sites (tertiary alicyclic amines) is 1. The SMILES string of the molecule is CCCNC(=O)[C@H]1[C@@H]2SC3(CC2Br)C(C(=O)NCn2nnc4ccccc42)N(CCCO)C(=O)[C@H]13. The van der Waals surface area contributed by atoms with Crippen LogP contribution in [0.4, 0.5) is 0 Å². The van der Waals surface area contributed by atoms with Gasteiger partial charge in [0.25, 0.3) is 0 Å². The number of aliphatic hydroxyl groups is 1. The molecule has 6 atom stereocenters. The van der Waals surface area contributed by atoms with Gasteiger partial charge >= 0.3 is 0 Å². The number of halogens is 1. The average Bonchev–Trinajstić information content (AvgIpc) is 3.57. The van der Waals surface area contributed by atoms with Gasteiger partial charge in [0.2, 0.25) is 17.7 Å². The Morgan fingerprint density at radius 2 is 2.09 bits per heavy atom. The number of fused-ring (bicyclic) bond motifs is 2. The van der Waals surface area contributed by atoms with Gasteiger partial charge in [-0.2, -0.15) is 0 Å². The summed E-state index contributed by atoms with van der Waals surface area (Å²) in [7, 11) is 0. The molecule has 188 valence electrons. The fraction of sp³-hybridized carbons (Fsp3) is 0.609. The molecule has 3 fully saturated rings. The molecule has 3 saturated heterocycles. The highest BCUT2D eigenvalue weighted by atomic mass is 79.9. The first-order valence-corrected chi connectivity index (χ1v) is 13.8. The molecule has 0 aliphatic carbocycles. The van der Waals surface area contributed by atoms with Crippen molar-refractivity contribution in [1.82, 2.24) is 30.5 Å². The van der Waals surface area contributed by atoms with Crippen LogP contribution in [0.2, 0.25) is 0 Å². The topological polar surface area (TPSA) is 129 Å². The van der Waals surface area contributed by atoms with Crippen molar-refractivity contribution < 1.29 is 19.5 Å². The number of hydrogen-bond acceptors (Lipinski definition) is 7. The summed E-state index contributed by atoms with van der Waals surface area (Å²) in [6.45, 7) is 2.83. The number of rotatable bonds is 9. The maximum Gasteiger partial charge on any atom is 0.245 e. The first-order valence-electron chi connectivity index (χ1n) is 12.0. The maximum absolute atomic E-state index is 13.7. The summed E-state index contributed by atoms with van der Waals surface area (Å²) in [5.74, 6) is -1.63. The number of thioether (sulfide) groups is 1. The number of amides is 3. The van der Waals surface area contributed by atoms with Crippen LogP contribution in [0.3, 0.4) is 0 Å². The molecule has 5 rings (SSSR count). The molecule has 3 N–H and O–H groups in total. The molecule has 2 aromatic rings. The zero-order valence-electron chi connectivity index (χ0n) is 19.4. The summed E-state index contributed by atoms with van der Waals surface area (Å²) in [4.78, 5) is 42.2. The van der Waals surface area contributed by atoms with Gasteiger partial charge in [0.1, 0.15) is 18.2 Å².